The van der Waals surface area contributed by atoms with Crippen LogP contribution < -0.4 is 5.32 Å². The lowest BCUT2D eigenvalue weighted by Crippen LogP contribution is -2.56. The number of nitrogens with one attached hydrogen (secondary N) is 1. The molecule has 1 N–H and O–H groups in total. The molecule has 2 aromatic heterocycles. The number of pyridine rings is 1. The lowest BCUT2D eigenvalue weighted by atomic mass is 10.1. The van der Waals surface area contributed by atoms with Gasteiger partial charge in [-0.2, -0.15) is 0 Å². The summed E-state index contributed by atoms with van der Waals surface area (Å²) in [7, 11) is 0. The summed E-state index contributed by atoms with van der Waals surface area (Å²) >= 11 is 0. The van der Waals surface area contributed by atoms with E-state index in [2.05, 4.69) is 24.1 Å². The Labute approximate surface area is 118 Å². The summed E-state index contributed by atoms with van der Waals surface area (Å²) < 4.78 is 1.95. The third-order valence-electron chi connectivity index (χ3n) is 3.66. The maximum absolute atomic E-state index is 12.4. The number of carbonyl (C=O) groups is 1. The fourth-order valence-electron chi connectivity index (χ4n) is 2.87. The van der Waals surface area contributed by atoms with E-state index in [1.165, 1.54) is 0 Å². The maximum atomic E-state index is 12.4. The van der Waals surface area contributed by atoms with Crippen LogP contribution in [0, 0.1) is 0 Å². The first-order valence-electron chi connectivity index (χ1n) is 7.08. The standard InChI is InChI=1S/C15H20N4O/c1-11-8-19(9-12(2)16-11)15(20)7-13-10-18-6-4-3-5-14(18)17-13/h3-6,10-12,16H,7-9H2,1-2H3/t11-,12-/m1/s1. The molecule has 3 rings (SSSR count). The Balaban J connectivity index is 1.72. The topological polar surface area (TPSA) is 49.6 Å². The molecule has 0 saturated carbocycles. The zero-order chi connectivity index (χ0) is 14.1. The van der Waals surface area contributed by atoms with Gasteiger partial charge in [0.1, 0.15) is 5.65 Å². The number of amides is 1. The lowest BCUT2D eigenvalue weighted by Gasteiger charge is -2.36. The van der Waals surface area contributed by atoms with Crippen molar-refractivity contribution in [1.82, 2.24) is 19.6 Å². The molecule has 5 nitrogen and oxygen atoms in total. The number of fused-ring (bicyclic) bond motifs is 1. The molecule has 2 aromatic rings. The highest BCUT2D eigenvalue weighted by Gasteiger charge is 2.25. The summed E-state index contributed by atoms with van der Waals surface area (Å²) in [5, 5.41) is 3.44. The van der Waals surface area contributed by atoms with E-state index in [9.17, 15) is 4.79 Å². The number of rotatable bonds is 2. The van der Waals surface area contributed by atoms with Crippen molar-refractivity contribution in [1.29, 1.82) is 0 Å². The van der Waals surface area contributed by atoms with Gasteiger partial charge in [-0.25, -0.2) is 4.98 Å². The second-order valence-electron chi connectivity index (χ2n) is 5.64. The minimum absolute atomic E-state index is 0.161. The molecule has 5 heteroatoms. The van der Waals surface area contributed by atoms with Crippen LogP contribution >= 0.6 is 0 Å². The van der Waals surface area contributed by atoms with Gasteiger partial charge in [0.15, 0.2) is 0 Å². The summed E-state index contributed by atoms with van der Waals surface area (Å²) in [6.45, 7) is 5.77. The van der Waals surface area contributed by atoms with E-state index in [0.29, 0.717) is 18.5 Å². The largest absolute Gasteiger partial charge is 0.339 e. The summed E-state index contributed by atoms with van der Waals surface area (Å²) in [5.41, 5.74) is 1.72. The number of piperazine rings is 1. The highest BCUT2D eigenvalue weighted by Crippen LogP contribution is 2.09. The molecular formula is C15H20N4O. The average molecular weight is 272 g/mol. The molecule has 0 bridgehead atoms. The van der Waals surface area contributed by atoms with Crippen molar-refractivity contribution in [3.63, 3.8) is 0 Å². The molecule has 0 aromatic carbocycles. The fraction of sp³-hybridized carbons (Fsp3) is 0.467. The third kappa shape index (κ3) is 2.67. The number of hydrogen-bond acceptors (Lipinski definition) is 3. The molecule has 1 fully saturated rings. The van der Waals surface area contributed by atoms with Crippen LogP contribution in [0.1, 0.15) is 19.5 Å². The Morgan fingerprint density at radius 1 is 1.35 bits per heavy atom. The summed E-state index contributed by atoms with van der Waals surface area (Å²) in [4.78, 5) is 18.8. The van der Waals surface area contributed by atoms with Crippen LogP contribution in [0.2, 0.25) is 0 Å². The molecule has 0 spiro atoms. The van der Waals surface area contributed by atoms with Gasteiger partial charge in [-0.15, -0.1) is 0 Å². The average Bonchev–Trinajstić information content (AvgIpc) is 2.79. The highest BCUT2D eigenvalue weighted by atomic mass is 16.2. The fourth-order valence-corrected chi connectivity index (χ4v) is 2.87. The van der Waals surface area contributed by atoms with Crippen LogP contribution in [0.5, 0.6) is 0 Å². The smallest absolute Gasteiger partial charge is 0.228 e. The normalized spacial score (nSPS) is 23.2. The first kappa shape index (κ1) is 13.1. The van der Waals surface area contributed by atoms with E-state index in [1.54, 1.807) is 0 Å². The number of nitrogens with zero attached hydrogens (tertiary/aromatic N) is 3. The number of hydrogen-bond donors (Lipinski definition) is 1. The van der Waals surface area contributed by atoms with Crippen LogP contribution in [0.25, 0.3) is 5.65 Å². The zero-order valence-electron chi connectivity index (χ0n) is 11.9. The summed E-state index contributed by atoms with van der Waals surface area (Å²) in [6, 6.07) is 6.56. The second kappa shape index (κ2) is 5.25. The van der Waals surface area contributed by atoms with Gasteiger partial charge in [0.2, 0.25) is 5.91 Å². The molecule has 0 aliphatic carbocycles. The molecule has 0 unspecified atom stereocenters. The van der Waals surface area contributed by atoms with E-state index >= 15 is 0 Å². The highest BCUT2D eigenvalue weighted by molar-refractivity contribution is 5.78. The maximum Gasteiger partial charge on any atom is 0.228 e. The minimum atomic E-state index is 0.161. The van der Waals surface area contributed by atoms with Crippen molar-refractivity contribution >= 4 is 11.6 Å². The van der Waals surface area contributed by atoms with Crippen LogP contribution in [0.15, 0.2) is 30.6 Å². The molecule has 106 valence electrons. The molecule has 20 heavy (non-hydrogen) atoms. The molecule has 0 radical (unpaired) electrons. The Morgan fingerprint density at radius 2 is 2.10 bits per heavy atom. The lowest BCUT2D eigenvalue weighted by molar-refractivity contribution is -0.132. The minimum Gasteiger partial charge on any atom is -0.339 e. The molecule has 1 aliphatic rings. The molecule has 1 aliphatic heterocycles. The Morgan fingerprint density at radius 3 is 2.80 bits per heavy atom. The zero-order valence-corrected chi connectivity index (χ0v) is 11.9. The van der Waals surface area contributed by atoms with Crippen molar-refractivity contribution in [2.24, 2.45) is 0 Å². The SMILES string of the molecule is C[C@@H]1CN(C(=O)Cc2cn3ccccc3n2)C[C@@H](C)N1. The molecule has 1 amide bonds. The van der Waals surface area contributed by atoms with E-state index < -0.39 is 0 Å². The van der Waals surface area contributed by atoms with Crippen LogP contribution in [0.4, 0.5) is 0 Å². The van der Waals surface area contributed by atoms with Crippen molar-refractivity contribution in [2.45, 2.75) is 32.4 Å². The van der Waals surface area contributed by atoms with E-state index in [0.717, 1.165) is 24.4 Å². The van der Waals surface area contributed by atoms with E-state index in [-0.39, 0.29) is 5.91 Å². The first-order chi connectivity index (χ1) is 9.61. The number of carbonyl (C=O) groups excluding carboxylic acids is 1. The van der Waals surface area contributed by atoms with Crippen molar-refractivity contribution < 1.29 is 4.79 Å². The van der Waals surface area contributed by atoms with E-state index in [1.807, 2.05) is 39.9 Å². The van der Waals surface area contributed by atoms with Gasteiger partial charge in [-0.3, -0.25) is 4.79 Å². The van der Waals surface area contributed by atoms with Gasteiger partial charge < -0.3 is 14.6 Å². The van der Waals surface area contributed by atoms with Crippen molar-refractivity contribution in [3.05, 3.63) is 36.3 Å². The predicted molar refractivity (Wildman–Crippen MR) is 77.5 cm³/mol. The van der Waals surface area contributed by atoms with Crippen LogP contribution in [-0.4, -0.2) is 45.4 Å². The molecule has 3 heterocycles. The molecular weight excluding hydrogens is 252 g/mol. The third-order valence-corrected chi connectivity index (χ3v) is 3.66. The van der Waals surface area contributed by atoms with Crippen LogP contribution in [-0.2, 0) is 11.2 Å². The predicted octanol–water partition coefficient (Wildman–Crippen LogP) is 1.09. The summed E-state index contributed by atoms with van der Waals surface area (Å²) in [6.07, 6.45) is 4.26. The van der Waals surface area contributed by atoms with Crippen LogP contribution in [0.3, 0.4) is 0 Å². The van der Waals surface area contributed by atoms with E-state index in [4.69, 9.17) is 0 Å². The summed E-state index contributed by atoms with van der Waals surface area (Å²) in [5.74, 6) is 0.161. The Bertz CT molecular complexity index is 578. The quantitative estimate of drug-likeness (QED) is 0.890. The molecule has 1 saturated heterocycles. The Hall–Kier alpha value is -1.88. The first-order valence-corrected chi connectivity index (χ1v) is 7.08. The van der Waals surface area contributed by atoms with Gasteiger partial charge in [0.05, 0.1) is 12.1 Å². The van der Waals surface area contributed by atoms with Gasteiger partial charge in [-0.1, -0.05) is 6.07 Å². The monoisotopic (exact) mass is 272 g/mol. The second-order valence-corrected chi connectivity index (χ2v) is 5.64. The number of aromatic nitrogens is 2. The number of imidazole rings is 1. The van der Waals surface area contributed by atoms with Gasteiger partial charge in [-0.05, 0) is 26.0 Å². The molecule has 2 atom stereocenters. The van der Waals surface area contributed by atoms with Crippen molar-refractivity contribution in [3.8, 4) is 0 Å². The Kier molecular flexibility index (Phi) is 3.44. The van der Waals surface area contributed by atoms with Crippen molar-refractivity contribution in [2.75, 3.05) is 13.1 Å². The van der Waals surface area contributed by atoms with Gasteiger partial charge in [0, 0.05) is 37.6 Å². The van der Waals surface area contributed by atoms with Gasteiger partial charge >= 0.3 is 0 Å². The van der Waals surface area contributed by atoms with Gasteiger partial charge in [0.25, 0.3) is 0 Å².